The first-order valence-electron chi connectivity index (χ1n) is 10.7. The molecule has 0 aliphatic rings. The number of hydrogen-bond acceptors (Lipinski definition) is 7. The van der Waals surface area contributed by atoms with Gasteiger partial charge in [-0.15, -0.1) is 0 Å². The summed E-state index contributed by atoms with van der Waals surface area (Å²) >= 11 is 0. The quantitative estimate of drug-likeness (QED) is 0.148. The summed E-state index contributed by atoms with van der Waals surface area (Å²) in [5.74, 6) is -4.84. The van der Waals surface area contributed by atoms with Crippen LogP contribution in [0.1, 0.15) is 53.4 Å². The van der Waals surface area contributed by atoms with E-state index >= 15 is 0 Å². The lowest BCUT2D eigenvalue weighted by molar-refractivity contribution is -0.144. The number of hydrogen-bond donors (Lipinski definition) is 7. The van der Waals surface area contributed by atoms with Crippen LogP contribution < -0.4 is 27.4 Å². The zero-order valence-corrected chi connectivity index (χ0v) is 19.1. The highest BCUT2D eigenvalue weighted by molar-refractivity contribution is 5.94. The molecule has 0 aromatic rings. The number of nitrogens with two attached hydrogens (primary N) is 2. The maximum atomic E-state index is 12.9. The van der Waals surface area contributed by atoms with Crippen molar-refractivity contribution in [3.8, 4) is 0 Å². The molecule has 6 unspecified atom stereocenters. The van der Waals surface area contributed by atoms with Crippen LogP contribution in [0, 0.1) is 11.8 Å². The van der Waals surface area contributed by atoms with Crippen molar-refractivity contribution in [3.63, 3.8) is 0 Å². The Hall–Kier alpha value is -2.73. The van der Waals surface area contributed by atoms with Gasteiger partial charge in [-0.1, -0.05) is 40.5 Å². The first kappa shape index (κ1) is 29.3. The van der Waals surface area contributed by atoms with Crippen LogP contribution in [0.2, 0.25) is 0 Å². The Morgan fingerprint density at radius 2 is 1.34 bits per heavy atom. The molecule has 0 spiro atoms. The Labute approximate surface area is 187 Å². The Kier molecular flexibility index (Phi) is 13.1. The molecule has 12 heteroatoms. The second-order valence-corrected chi connectivity index (χ2v) is 7.94. The van der Waals surface area contributed by atoms with Gasteiger partial charge in [0.2, 0.25) is 23.6 Å². The van der Waals surface area contributed by atoms with E-state index in [9.17, 15) is 29.1 Å². The molecule has 12 nitrogen and oxygen atoms in total. The van der Waals surface area contributed by atoms with Gasteiger partial charge in [-0.2, -0.15) is 0 Å². The highest BCUT2D eigenvalue weighted by atomic mass is 16.4. The lowest BCUT2D eigenvalue weighted by Crippen LogP contribution is -2.59. The fourth-order valence-electron chi connectivity index (χ4n) is 2.80. The molecule has 0 bridgehead atoms. The van der Waals surface area contributed by atoms with Gasteiger partial charge in [0, 0.05) is 6.42 Å². The fourth-order valence-corrected chi connectivity index (χ4v) is 2.80. The summed E-state index contributed by atoms with van der Waals surface area (Å²) in [5.41, 5.74) is 10.6. The average Bonchev–Trinajstić information content (AvgIpc) is 2.75. The summed E-state index contributed by atoms with van der Waals surface area (Å²) in [6.45, 7) is 6.34. The maximum absolute atomic E-state index is 12.9. The van der Waals surface area contributed by atoms with Crippen LogP contribution in [-0.2, 0) is 24.0 Å². The molecule has 0 aliphatic heterocycles. The molecule has 0 aromatic carbocycles. The molecule has 0 saturated heterocycles. The number of amides is 4. The molecule has 6 atom stereocenters. The van der Waals surface area contributed by atoms with E-state index in [2.05, 4.69) is 16.0 Å². The normalized spacial score (nSPS) is 16.6. The van der Waals surface area contributed by atoms with Crippen LogP contribution in [0.3, 0.4) is 0 Å². The van der Waals surface area contributed by atoms with Crippen molar-refractivity contribution in [1.29, 1.82) is 0 Å². The molecule has 32 heavy (non-hydrogen) atoms. The molecular weight excluding hydrogens is 422 g/mol. The van der Waals surface area contributed by atoms with Crippen molar-refractivity contribution in [3.05, 3.63) is 0 Å². The molecule has 0 radical (unpaired) electrons. The van der Waals surface area contributed by atoms with Crippen LogP contribution >= 0.6 is 0 Å². The molecule has 4 amide bonds. The maximum Gasteiger partial charge on any atom is 0.326 e. The summed E-state index contributed by atoms with van der Waals surface area (Å²) in [6, 6.07) is -4.74. The van der Waals surface area contributed by atoms with Gasteiger partial charge in [0.05, 0.1) is 6.61 Å². The van der Waals surface area contributed by atoms with Gasteiger partial charge in [-0.3, -0.25) is 19.2 Å². The fraction of sp³-hybridized carbons (Fsp3) is 0.750. The minimum absolute atomic E-state index is 0.148. The van der Waals surface area contributed by atoms with E-state index < -0.39 is 60.4 Å². The van der Waals surface area contributed by atoms with Crippen molar-refractivity contribution >= 4 is 29.6 Å². The van der Waals surface area contributed by atoms with Gasteiger partial charge in [-0.05, 0) is 18.3 Å². The van der Waals surface area contributed by atoms with Crippen molar-refractivity contribution < 1.29 is 34.2 Å². The minimum Gasteiger partial charge on any atom is -0.480 e. The van der Waals surface area contributed by atoms with Gasteiger partial charge >= 0.3 is 5.97 Å². The summed E-state index contributed by atoms with van der Waals surface area (Å²) in [7, 11) is 0. The number of primary amides is 1. The number of aliphatic hydroxyl groups is 1. The molecule has 9 N–H and O–H groups in total. The number of carboxylic acid groups (broad SMARTS) is 1. The van der Waals surface area contributed by atoms with Crippen molar-refractivity contribution in [2.45, 2.75) is 77.5 Å². The second kappa shape index (κ2) is 14.4. The minimum atomic E-state index is -1.28. The molecule has 0 aromatic heterocycles. The smallest absolute Gasteiger partial charge is 0.326 e. The van der Waals surface area contributed by atoms with E-state index in [1.807, 2.05) is 0 Å². The van der Waals surface area contributed by atoms with E-state index in [1.54, 1.807) is 27.7 Å². The zero-order valence-electron chi connectivity index (χ0n) is 19.1. The lowest BCUT2D eigenvalue weighted by atomic mass is 9.95. The standard InChI is InChI=1S/C20H37N5O7/c1-5-10(3)15(19(30)25-16(20(31)32)11(4)6-2)24-18(29)13(7-8-14(22)27)23-17(28)12(21)9-26/h10-13,15-16,26H,5-9,21H2,1-4H3,(H2,22,27)(H,23,28)(H,24,29)(H,25,30)(H,31,32). The SMILES string of the molecule is CCC(C)C(NC(=O)C(NC(=O)C(CCC(N)=O)NC(=O)C(N)CO)C(C)CC)C(=O)O. The number of rotatable bonds is 15. The number of aliphatic hydroxyl groups excluding tert-OH is 1. The molecule has 0 aliphatic carbocycles. The van der Waals surface area contributed by atoms with Gasteiger partial charge in [0.15, 0.2) is 0 Å². The van der Waals surface area contributed by atoms with E-state index in [1.165, 1.54) is 0 Å². The van der Waals surface area contributed by atoms with Crippen LogP contribution in [0.25, 0.3) is 0 Å². The summed E-state index contributed by atoms with van der Waals surface area (Å²) in [4.78, 5) is 60.5. The van der Waals surface area contributed by atoms with Crippen LogP contribution in [0.15, 0.2) is 0 Å². The Morgan fingerprint density at radius 1 is 0.844 bits per heavy atom. The second-order valence-electron chi connectivity index (χ2n) is 7.94. The lowest BCUT2D eigenvalue weighted by Gasteiger charge is -2.29. The largest absolute Gasteiger partial charge is 0.480 e. The monoisotopic (exact) mass is 459 g/mol. The number of carbonyl (C=O) groups is 5. The first-order chi connectivity index (χ1) is 14.9. The average molecular weight is 460 g/mol. The van der Waals surface area contributed by atoms with E-state index in [0.29, 0.717) is 12.8 Å². The predicted octanol–water partition coefficient (Wildman–Crippen LogP) is -1.80. The first-order valence-corrected chi connectivity index (χ1v) is 10.7. The van der Waals surface area contributed by atoms with Crippen LogP contribution in [0.5, 0.6) is 0 Å². The van der Waals surface area contributed by atoms with E-state index in [-0.39, 0.29) is 24.7 Å². The molecule has 0 heterocycles. The molecule has 0 saturated carbocycles. The van der Waals surface area contributed by atoms with Gasteiger partial charge < -0.3 is 37.6 Å². The summed E-state index contributed by atoms with van der Waals surface area (Å²) in [5, 5.41) is 25.8. The van der Waals surface area contributed by atoms with Crippen molar-refractivity contribution in [2.75, 3.05) is 6.61 Å². The highest BCUT2D eigenvalue weighted by Crippen LogP contribution is 2.13. The summed E-state index contributed by atoms with van der Waals surface area (Å²) < 4.78 is 0. The number of nitrogens with one attached hydrogen (secondary N) is 3. The molecular formula is C20H37N5O7. The third-order valence-electron chi connectivity index (χ3n) is 5.42. The molecule has 0 fully saturated rings. The van der Waals surface area contributed by atoms with Gasteiger partial charge in [0.25, 0.3) is 0 Å². The topological polar surface area (TPSA) is 214 Å². The van der Waals surface area contributed by atoms with Crippen molar-refractivity contribution in [2.24, 2.45) is 23.3 Å². The summed E-state index contributed by atoms with van der Waals surface area (Å²) in [6.07, 6.45) is 0.642. The molecule has 0 rings (SSSR count). The number of carbonyl (C=O) groups excluding carboxylic acids is 4. The predicted molar refractivity (Wildman–Crippen MR) is 116 cm³/mol. The third-order valence-corrected chi connectivity index (χ3v) is 5.42. The number of aliphatic carboxylic acids is 1. The van der Waals surface area contributed by atoms with E-state index in [4.69, 9.17) is 16.6 Å². The van der Waals surface area contributed by atoms with Crippen molar-refractivity contribution in [1.82, 2.24) is 16.0 Å². The molecule has 184 valence electrons. The van der Waals surface area contributed by atoms with Crippen LogP contribution in [0.4, 0.5) is 0 Å². The van der Waals surface area contributed by atoms with Gasteiger partial charge in [0.1, 0.15) is 24.2 Å². The third kappa shape index (κ3) is 9.60. The Bertz CT molecular complexity index is 673. The highest BCUT2D eigenvalue weighted by Gasteiger charge is 2.34. The Balaban J connectivity index is 5.61. The van der Waals surface area contributed by atoms with E-state index in [0.717, 1.165) is 0 Å². The zero-order chi connectivity index (χ0) is 25.0. The number of carboxylic acids is 1. The Morgan fingerprint density at radius 3 is 1.78 bits per heavy atom. The van der Waals surface area contributed by atoms with Crippen LogP contribution in [-0.4, -0.2) is 70.6 Å². The van der Waals surface area contributed by atoms with Gasteiger partial charge in [-0.25, -0.2) is 4.79 Å².